The zero-order valence-electron chi connectivity index (χ0n) is 17.2. The van der Waals surface area contributed by atoms with E-state index in [-0.39, 0.29) is 5.91 Å². The number of carbonyl (C=O) groups is 1. The van der Waals surface area contributed by atoms with Crippen molar-refractivity contribution in [1.29, 1.82) is 0 Å². The van der Waals surface area contributed by atoms with Crippen LogP contribution in [0.1, 0.15) is 27.0 Å². The molecule has 0 spiro atoms. The molecule has 0 aliphatic carbocycles. The third kappa shape index (κ3) is 4.05. The van der Waals surface area contributed by atoms with Gasteiger partial charge in [-0.1, -0.05) is 30.3 Å². The molecule has 150 valence electrons. The Morgan fingerprint density at radius 2 is 2.00 bits per heavy atom. The fourth-order valence-electron chi connectivity index (χ4n) is 3.98. The topological polar surface area (TPSA) is 48.6 Å². The van der Waals surface area contributed by atoms with Crippen LogP contribution < -0.4 is 4.74 Å². The first-order valence-electron chi connectivity index (χ1n) is 9.91. The minimum atomic E-state index is 0.0621. The van der Waals surface area contributed by atoms with Crippen molar-refractivity contribution >= 4 is 5.91 Å². The van der Waals surface area contributed by atoms with Crippen molar-refractivity contribution in [2.45, 2.75) is 19.5 Å². The van der Waals surface area contributed by atoms with Crippen LogP contribution in [-0.2, 0) is 19.5 Å². The smallest absolute Gasteiger partial charge is 0.256 e. The molecule has 4 rings (SSSR count). The lowest BCUT2D eigenvalue weighted by Gasteiger charge is -2.29. The summed E-state index contributed by atoms with van der Waals surface area (Å²) in [5, 5.41) is 0. The highest BCUT2D eigenvalue weighted by atomic mass is 16.5. The van der Waals surface area contributed by atoms with E-state index in [2.05, 4.69) is 42.2 Å². The second kappa shape index (κ2) is 8.13. The van der Waals surface area contributed by atoms with Crippen LogP contribution in [0.25, 0.3) is 11.1 Å². The molecule has 2 heterocycles. The van der Waals surface area contributed by atoms with Gasteiger partial charge in [-0.2, -0.15) is 0 Å². The zero-order valence-corrected chi connectivity index (χ0v) is 17.2. The van der Waals surface area contributed by atoms with Gasteiger partial charge in [-0.15, -0.1) is 0 Å². The average Bonchev–Trinajstić information content (AvgIpc) is 3.22. The van der Waals surface area contributed by atoms with Crippen molar-refractivity contribution in [3.05, 3.63) is 77.1 Å². The number of carbonyl (C=O) groups excluding carboxylic acids is 1. The molecule has 0 radical (unpaired) electrons. The maximum absolute atomic E-state index is 13.3. The van der Waals surface area contributed by atoms with Gasteiger partial charge < -0.3 is 19.5 Å². The van der Waals surface area contributed by atoms with Gasteiger partial charge in [0.25, 0.3) is 5.91 Å². The second-order valence-corrected chi connectivity index (χ2v) is 7.83. The van der Waals surface area contributed by atoms with Crippen LogP contribution >= 0.6 is 0 Å². The van der Waals surface area contributed by atoms with Crippen molar-refractivity contribution in [2.24, 2.45) is 0 Å². The van der Waals surface area contributed by atoms with Crippen molar-refractivity contribution in [2.75, 3.05) is 27.7 Å². The number of H-pyrrole nitrogens is 1. The van der Waals surface area contributed by atoms with Crippen LogP contribution in [-0.4, -0.2) is 48.4 Å². The fourth-order valence-corrected chi connectivity index (χ4v) is 3.98. The summed E-state index contributed by atoms with van der Waals surface area (Å²) >= 11 is 0. The molecule has 29 heavy (non-hydrogen) atoms. The van der Waals surface area contributed by atoms with Crippen molar-refractivity contribution in [3.63, 3.8) is 0 Å². The van der Waals surface area contributed by atoms with Gasteiger partial charge in [-0.3, -0.25) is 4.79 Å². The molecule has 0 atom stereocenters. The molecule has 1 aliphatic rings. The first-order valence-corrected chi connectivity index (χ1v) is 9.91. The summed E-state index contributed by atoms with van der Waals surface area (Å²) in [6.45, 7) is 2.32. The fraction of sp³-hybridized carbons (Fsp3) is 0.292. The lowest BCUT2D eigenvalue weighted by molar-refractivity contribution is 0.0735. The first kappa shape index (κ1) is 19.3. The number of hydrogen-bond donors (Lipinski definition) is 1. The maximum atomic E-state index is 13.3. The van der Waals surface area contributed by atoms with Gasteiger partial charge in [0.2, 0.25) is 0 Å². The van der Waals surface area contributed by atoms with E-state index in [1.807, 2.05) is 35.4 Å². The Morgan fingerprint density at radius 3 is 2.79 bits per heavy atom. The number of amides is 1. The molecule has 1 aromatic heterocycles. The maximum Gasteiger partial charge on any atom is 0.256 e. The van der Waals surface area contributed by atoms with Gasteiger partial charge in [0.15, 0.2) is 0 Å². The molecule has 1 amide bonds. The number of hydrogen-bond acceptors (Lipinski definition) is 3. The summed E-state index contributed by atoms with van der Waals surface area (Å²) in [5.74, 6) is 0.842. The van der Waals surface area contributed by atoms with Crippen LogP contribution in [0.15, 0.2) is 54.9 Å². The highest BCUT2D eigenvalue weighted by Crippen LogP contribution is 2.29. The molecule has 5 nitrogen and oxygen atoms in total. The van der Waals surface area contributed by atoms with E-state index in [1.165, 1.54) is 16.7 Å². The van der Waals surface area contributed by atoms with E-state index in [0.717, 1.165) is 36.4 Å². The van der Waals surface area contributed by atoms with Crippen LogP contribution in [0.3, 0.4) is 0 Å². The number of rotatable bonds is 5. The van der Waals surface area contributed by atoms with Crippen LogP contribution in [0.4, 0.5) is 0 Å². The molecule has 0 saturated carbocycles. The first-order chi connectivity index (χ1) is 14.0. The number of fused-ring (bicyclic) bond motifs is 1. The second-order valence-electron chi connectivity index (χ2n) is 7.83. The van der Waals surface area contributed by atoms with E-state index in [1.54, 1.807) is 13.3 Å². The lowest BCUT2D eigenvalue weighted by atomic mass is 9.96. The number of nitrogens with zero attached hydrogens (tertiary/aromatic N) is 2. The van der Waals surface area contributed by atoms with E-state index in [9.17, 15) is 4.79 Å². The highest BCUT2D eigenvalue weighted by molar-refractivity contribution is 6.01. The van der Waals surface area contributed by atoms with Crippen molar-refractivity contribution < 1.29 is 9.53 Å². The molecule has 0 fully saturated rings. The number of methoxy groups -OCH3 is 1. The molecule has 0 unspecified atom stereocenters. The van der Waals surface area contributed by atoms with Crippen molar-refractivity contribution in [3.8, 4) is 16.9 Å². The minimum absolute atomic E-state index is 0.0621. The summed E-state index contributed by atoms with van der Waals surface area (Å²) in [4.78, 5) is 20.5. The Hall–Kier alpha value is -3.05. The number of aromatic amines is 1. The quantitative estimate of drug-likeness (QED) is 0.719. The molecule has 0 bridgehead atoms. The Labute approximate surface area is 171 Å². The van der Waals surface area contributed by atoms with Gasteiger partial charge >= 0.3 is 0 Å². The summed E-state index contributed by atoms with van der Waals surface area (Å²) < 4.78 is 5.33. The summed E-state index contributed by atoms with van der Waals surface area (Å²) in [5.41, 5.74) is 6.49. The molecule has 1 aliphatic heterocycles. The third-order valence-corrected chi connectivity index (χ3v) is 5.43. The van der Waals surface area contributed by atoms with Crippen LogP contribution in [0.2, 0.25) is 0 Å². The van der Waals surface area contributed by atoms with Gasteiger partial charge in [-0.05, 0) is 54.9 Å². The standard InChI is InChI=1S/C24H27N3O2/c1-26(2)15-17-7-8-20-16-27(10-9-18(20)11-17)24(28)23-14-25-13-22(23)19-5-4-6-21(12-19)29-3/h4-8,11-14,25H,9-10,15-16H2,1-3H3. The van der Waals surface area contributed by atoms with Crippen LogP contribution in [0.5, 0.6) is 5.75 Å². The summed E-state index contributed by atoms with van der Waals surface area (Å²) in [6, 6.07) is 14.4. The molecule has 5 heteroatoms. The molecular formula is C24H27N3O2. The number of nitrogens with one attached hydrogen (secondary N) is 1. The van der Waals surface area contributed by atoms with Gasteiger partial charge in [-0.25, -0.2) is 0 Å². The predicted molar refractivity (Wildman–Crippen MR) is 115 cm³/mol. The van der Waals surface area contributed by atoms with Gasteiger partial charge in [0.1, 0.15) is 5.75 Å². The molecule has 3 aromatic rings. The van der Waals surface area contributed by atoms with Gasteiger partial charge in [0, 0.05) is 37.6 Å². The largest absolute Gasteiger partial charge is 0.497 e. The van der Waals surface area contributed by atoms with E-state index >= 15 is 0 Å². The van der Waals surface area contributed by atoms with Crippen LogP contribution in [0, 0.1) is 0 Å². The molecule has 0 saturated heterocycles. The predicted octanol–water partition coefficient (Wildman–Crippen LogP) is 3.95. The minimum Gasteiger partial charge on any atom is -0.497 e. The number of aromatic nitrogens is 1. The Bertz CT molecular complexity index is 1020. The number of ether oxygens (including phenoxy) is 1. The molecule has 1 N–H and O–H groups in total. The van der Waals surface area contributed by atoms with E-state index < -0.39 is 0 Å². The molecular weight excluding hydrogens is 362 g/mol. The average molecular weight is 389 g/mol. The van der Waals surface area contributed by atoms with Crippen molar-refractivity contribution in [1.82, 2.24) is 14.8 Å². The zero-order chi connectivity index (χ0) is 20.4. The third-order valence-electron chi connectivity index (χ3n) is 5.43. The summed E-state index contributed by atoms with van der Waals surface area (Å²) in [6.07, 6.45) is 4.57. The Kier molecular flexibility index (Phi) is 5.41. The summed E-state index contributed by atoms with van der Waals surface area (Å²) in [7, 11) is 5.81. The lowest BCUT2D eigenvalue weighted by Crippen LogP contribution is -2.36. The van der Waals surface area contributed by atoms with E-state index in [0.29, 0.717) is 12.1 Å². The normalized spacial score (nSPS) is 13.4. The Morgan fingerprint density at radius 1 is 1.14 bits per heavy atom. The SMILES string of the molecule is COc1cccc(-c2c[nH]cc2C(=O)N2CCc3cc(CN(C)C)ccc3C2)c1. The van der Waals surface area contributed by atoms with Gasteiger partial charge in [0.05, 0.1) is 12.7 Å². The molecule has 2 aromatic carbocycles. The number of benzene rings is 2. The van der Waals surface area contributed by atoms with E-state index in [4.69, 9.17) is 4.74 Å². The Balaban J connectivity index is 1.55. The highest BCUT2D eigenvalue weighted by Gasteiger charge is 2.24. The monoisotopic (exact) mass is 389 g/mol.